The minimum Gasteiger partial charge on any atom is -0.453 e. The van der Waals surface area contributed by atoms with Crippen LogP contribution in [0.4, 0.5) is 8.78 Å². The minimum absolute atomic E-state index is 0.115. The maximum absolute atomic E-state index is 14.0. The van der Waals surface area contributed by atoms with Crippen molar-refractivity contribution in [3.8, 4) is 0 Å². The number of Topliss-reactive ketones (excluding diaryl/α,β-unsaturated/α-hetero) is 1. The van der Waals surface area contributed by atoms with E-state index in [0.29, 0.717) is 28.1 Å². The molecule has 1 atom stereocenters. The molecular weight excluding hydrogens is 460 g/mol. The topological polar surface area (TPSA) is 43.4 Å². The second-order valence-electron chi connectivity index (χ2n) is 10.2. The van der Waals surface area contributed by atoms with Gasteiger partial charge in [0.15, 0.2) is 6.10 Å². The number of hydrogen-bond donors (Lipinski definition) is 0. The Balaban J connectivity index is 1.30. The Hall–Kier alpha value is -3.38. The summed E-state index contributed by atoms with van der Waals surface area (Å²) in [5.41, 5.74) is 1.64. The van der Waals surface area contributed by atoms with E-state index in [2.05, 4.69) is 0 Å². The van der Waals surface area contributed by atoms with Gasteiger partial charge in [0, 0.05) is 24.3 Å². The molecule has 3 saturated heterocycles. The molecule has 0 amide bonds. The minimum atomic E-state index is -0.896. The zero-order valence-electron chi connectivity index (χ0n) is 20.1. The number of carbonyl (C=O) groups is 2. The van der Waals surface area contributed by atoms with Crippen molar-refractivity contribution >= 4 is 11.8 Å². The van der Waals surface area contributed by atoms with Gasteiger partial charge in [0.1, 0.15) is 18.2 Å². The third-order valence-corrected chi connectivity index (χ3v) is 7.79. The molecule has 6 heteroatoms. The van der Waals surface area contributed by atoms with Crippen LogP contribution in [0, 0.1) is 23.5 Å². The predicted molar refractivity (Wildman–Crippen MR) is 132 cm³/mol. The summed E-state index contributed by atoms with van der Waals surface area (Å²) in [6.45, 7) is 3.11. The molecule has 0 aromatic heterocycles. The number of rotatable bonds is 8. The lowest BCUT2D eigenvalue weighted by Crippen LogP contribution is -2.63. The smallest absolute Gasteiger partial charge is 0.307 e. The first kappa shape index (κ1) is 24.3. The highest BCUT2D eigenvalue weighted by molar-refractivity contribution is 5.96. The molecule has 3 fully saturated rings. The zero-order chi connectivity index (χ0) is 25.1. The first-order valence-corrected chi connectivity index (χ1v) is 12.5. The van der Waals surface area contributed by atoms with Crippen LogP contribution in [-0.2, 0) is 9.53 Å². The fraction of sp³-hybridized carbons (Fsp3) is 0.333. The lowest BCUT2D eigenvalue weighted by molar-refractivity contribution is -0.939. The summed E-state index contributed by atoms with van der Waals surface area (Å²) in [7, 11) is 0. The monoisotopic (exact) mass is 490 g/mol. The third kappa shape index (κ3) is 5.39. The normalized spacial score (nSPS) is 23.0. The average molecular weight is 491 g/mol. The maximum atomic E-state index is 14.0. The molecule has 6 rings (SSSR count). The van der Waals surface area contributed by atoms with Gasteiger partial charge in [-0.05, 0) is 41.3 Å². The van der Waals surface area contributed by atoms with Crippen LogP contribution in [0.15, 0.2) is 78.9 Å². The third-order valence-electron chi connectivity index (χ3n) is 7.79. The van der Waals surface area contributed by atoms with Gasteiger partial charge in [0.25, 0.3) is 0 Å². The van der Waals surface area contributed by atoms with Crippen LogP contribution < -0.4 is 0 Å². The number of halogens is 2. The molecule has 3 aliphatic heterocycles. The van der Waals surface area contributed by atoms with Crippen molar-refractivity contribution in [2.45, 2.75) is 25.4 Å². The summed E-state index contributed by atoms with van der Waals surface area (Å²) in [5.74, 6) is -0.612. The Bertz CT molecular complexity index is 1190. The van der Waals surface area contributed by atoms with E-state index in [9.17, 15) is 18.4 Å². The van der Waals surface area contributed by atoms with Gasteiger partial charge in [0.05, 0.1) is 26.1 Å². The van der Waals surface area contributed by atoms with Crippen molar-refractivity contribution < 1.29 is 27.6 Å². The van der Waals surface area contributed by atoms with Crippen LogP contribution >= 0.6 is 0 Å². The Labute approximate surface area is 210 Å². The van der Waals surface area contributed by atoms with Crippen LogP contribution in [0.25, 0.3) is 0 Å². The Kier molecular flexibility index (Phi) is 6.97. The summed E-state index contributed by atoms with van der Waals surface area (Å²) in [5, 5.41) is 0. The lowest BCUT2D eigenvalue weighted by Gasteiger charge is -2.52. The number of benzene rings is 3. The number of hydrogen-bond acceptors (Lipinski definition) is 3. The summed E-state index contributed by atoms with van der Waals surface area (Å²) in [6, 6.07) is 21.1. The molecule has 0 unspecified atom stereocenters. The van der Waals surface area contributed by atoms with E-state index in [4.69, 9.17) is 4.74 Å². The molecule has 3 heterocycles. The van der Waals surface area contributed by atoms with Gasteiger partial charge in [-0.3, -0.25) is 9.59 Å². The summed E-state index contributed by atoms with van der Waals surface area (Å²) >= 11 is 0. The van der Waals surface area contributed by atoms with Crippen LogP contribution in [-0.4, -0.2) is 42.4 Å². The largest absolute Gasteiger partial charge is 0.453 e. The number of esters is 1. The van der Waals surface area contributed by atoms with Crippen LogP contribution in [0.5, 0.6) is 0 Å². The predicted octanol–water partition coefficient (Wildman–Crippen LogP) is 5.73. The molecule has 0 radical (unpaired) electrons. The van der Waals surface area contributed by atoms with Gasteiger partial charge >= 0.3 is 5.97 Å². The van der Waals surface area contributed by atoms with Crippen LogP contribution in [0.3, 0.4) is 0 Å². The molecule has 0 spiro atoms. The van der Waals surface area contributed by atoms with Gasteiger partial charge in [-0.2, -0.15) is 0 Å². The first-order valence-electron chi connectivity index (χ1n) is 12.5. The van der Waals surface area contributed by atoms with Gasteiger partial charge in [-0.15, -0.1) is 0 Å². The summed E-state index contributed by atoms with van der Waals surface area (Å²) < 4.78 is 34.5. The number of nitrogens with zero attached hydrogens (tertiary/aromatic N) is 1. The van der Waals surface area contributed by atoms with E-state index in [1.54, 1.807) is 24.3 Å². The first-order chi connectivity index (χ1) is 17.4. The molecule has 0 aliphatic carbocycles. The Morgan fingerprint density at radius 1 is 0.861 bits per heavy atom. The molecule has 0 saturated carbocycles. The zero-order valence-corrected chi connectivity index (χ0v) is 20.1. The van der Waals surface area contributed by atoms with Crippen LogP contribution in [0.1, 0.15) is 46.9 Å². The van der Waals surface area contributed by atoms with Gasteiger partial charge in [-0.1, -0.05) is 54.6 Å². The van der Waals surface area contributed by atoms with Gasteiger partial charge < -0.3 is 9.22 Å². The molecule has 36 heavy (non-hydrogen) atoms. The van der Waals surface area contributed by atoms with Crippen molar-refractivity contribution in [2.75, 3.05) is 26.2 Å². The average Bonchev–Trinajstić information content (AvgIpc) is 2.88. The van der Waals surface area contributed by atoms with Gasteiger partial charge in [-0.25, -0.2) is 8.78 Å². The second-order valence-corrected chi connectivity index (χ2v) is 10.2. The Morgan fingerprint density at radius 3 is 2.06 bits per heavy atom. The molecule has 0 N–H and O–H groups in total. The quantitative estimate of drug-likeness (QED) is 0.230. The van der Waals surface area contributed by atoms with E-state index in [-0.39, 0.29) is 24.1 Å². The molecule has 3 aliphatic rings. The highest BCUT2D eigenvalue weighted by Crippen LogP contribution is 2.40. The van der Waals surface area contributed by atoms with E-state index in [1.165, 1.54) is 24.3 Å². The number of piperidine rings is 3. The SMILES string of the molecule is O=C(C[C@H]1C[N+]2(CC(=O)c3ccccc3)CCC1CC2)OC(c1cccc(F)c1)c1cccc(F)c1. The number of fused-ring (bicyclic) bond motifs is 3. The molecule has 4 nitrogen and oxygen atoms in total. The van der Waals surface area contributed by atoms with E-state index in [0.717, 1.165) is 38.0 Å². The number of carbonyl (C=O) groups excluding carboxylic acids is 2. The standard InChI is InChI=1S/C30H30F2NO3/c31-26-10-4-8-23(16-26)30(24-9-5-11-27(32)17-24)36-29(35)18-25-19-33(14-12-21(25)13-15-33)20-28(34)22-6-2-1-3-7-22/h1-11,16-17,21,25,30H,12-15,18-20H2/q+1/t21?,25-,33?/m0/s1. The fourth-order valence-corrected chi connectivity index (χ4v) is 5.97. The molecule has 3 aromatic carbocycles. The highest BCUT2D eigenvalue weighted by atomic mass is 19.1. The second kappa shape index (κ2) is 10.3. The molecular formula is C30H30F2NO3+. The van der Waals surface area contributed by atoms with Crippen molar-refractivity contribution in [1.82, 2.24) is 0 Å². The summed E-state index contributed by atoms with van der Waals surface area (Å²) in [4.78, 5) is 26.1. The van der Waals surface area contributed by atoms with E-state index >= 15 is 0 Å². The van der Waals surface area contributed by atoms with Crippen molar-refractivity contribution in [1.29, 1.82) is 0 Å². The fourth-order valence-electron chi connectivity index (χ4n) is 5.97. The van der Waals surface area contributed by atoms with E-state index < -0.39 is 17.7 Å². The van der Waals surface area contributed by atoms with Crippen molar-refractivity contribution in [2.24, 2.45) is 11.8 Å². The molecule has 186 valence electrons. The highest BCUT2D eigenvalue weighted by Gasteiger charge is 2.47. The van der Waals surface area contributed by atoms with Gasteiger partial charge in [0.2, 0.25) is 5.78 Å². The van der Waals surface area contributed by atoms with Crippen molar-refractivity contribution in [3.05, 3.63) is 107 Å². The number of ether oxygens (including phenoxy) is 1. The van der Waals surface area contributed by atoms with E-state index in [1.807, 2.05) is 30.3 Å². The van der Waals surface area contributed by atoms with Crippen molar-refractivity contribution in [3.63, 3.8) is 0 Å². The van der Waals surface area contributed by atoms with Crippen LogP contribution in [0.2, 0.25) is 0 Å². The number of quaternary nitrogens is 1. The molecule has 3 aromatic rings. The maximum Gasteiger partial charge on any atom is 0.307 e. The number of ketones is 1. The summed E-state index contributed by atoms with van der Waals surface area (Å²) in [6.07, 6.45) is 1.30. The lowest BCUT2D eigenvalue weighted by atomic mass is 9.75. The molecule has 2 bridgehead atoms. The Morgan fingerprint density at radius 2 is 1.47 bits per heavy atom.